The normalized spacial score (nSPS) is 10.3. The first-order chi connectivity index (χ1) is 12.3. The highest BCUT2D eigenvalue weighted by Crippen LogP contribution is 2.22. The van der Waals surface area contributed by atoms with E-state index in [0.717, 1.165) is 6.07 Å². The highest BCUT2D eigenvalue weighted by molar-refractivity contribution is 6.30. The van der Waals surface area contributed by atoms with Gasteiger partial charge in [0.2, 0.25) is 0 Å². The maximum absolute atomic E-state index is 13.4. The fourth-order valence-electron chi connectivity index (χ4n) is 1.91. The van der Waals surface area contributed by atoms with Crippen molar-refractivity contribution < 1.29 is 32.2 Å². The number of nitrogens with one attached hydrogen (secondary N) is 1. The summed E-state index contributed by atoms with van der Waals surface area (Å²) in [6, 6.07) is 6.30. The molecule has 0 bridgehead atoms. The number of carbonyl (C=O) groups is 2. The Morgan fingerprint density at radius 1 is 1.08 bits per heavy atom. The van der Waals surface area contributed by atoms with E-state index in [1.165, 1.54) is 0 Å². The molecule has 0 aliphatic carbocycles. The summed E-state index contributed by atoms with van der Waals surface area (Å²) in [6.45, 7) is 0.520. The van der Waals surface area contributed by atoms with Crippen molar-refractivity contribution >= 4 is 29.2 Å². The Kier molecular flexibility index (Phi) is 6.46. The van der Waals surface area contributed by atoms with Gasteiger partial charge in [-0.05, 0) is 42.8 Å². The van der Waals surface area contributed by atoms with Crippen molar-refractivity contribution in [2.45, 2.75) is 6.92 Å². The van der Waals surface area contributed by atoms with E-state index in [1.807, 2.05) is 5.32 Å². The number of esters is 1. The summed E-state index contributed by atoms with van der Waals surface area (Å²) in [5, 5.41) is 2.48. The second-order valence-electron chi connectivity index (χ2n) is 5.13. The Hall–Kier alpha value is -2.74. The van der Waals surface area contributed by atoms with Gasteiger partial charge in [0.15, 0.2) is 30.7 Å². The van der Waals surface area contributed by atoms with E-state index in [0.29, 0.717) is 22.4 Å². The molecule has 2 rings (SSSR count). The second-order valence-corrected chi connectivity index (χ2v) is 5.57. The van der Waals surface area contributed by atoms with Crippen LogP contribution in [0, 0.1) is 24.4 Å². The molecule has 2 aromatic carbocycles. The first-order valence-electron chi connectivity index (χ1n) is 7.26. The molecule has 138 valence electrons. The third-order valence-corrected chi connectivity index (χ3v) is 3.39. The second kappa shape index (κ2) is 8.57. The van der Waals surface area contributed by atoms with Gasteiger partial charge in [0, 0.05) is 5.02 Å². The maximum atomic E-state index is 13.4. The van der Waals surface area contributed by atoms with Crippen LogP contribution in [-0.4, -0.2) is 25.1 Å². The third-order valence-electron chi connectivity index (χ3n) is 3.16. The first-order valence-corrected chi connectivity index (χ1v) is 7.63. The molecule has 0 aromatic heterocycles. The van der Waals surface area contributed by atoms with E-state index in [4.69, 9.17) is 16.3 Å². The van der Waals surface area contributed by atoms with E-state index >= 15 is 0 Å². The molecule has 0 saturated carbocycles. The Labute approximate surface area is 151 Å². The van der Waals surface area contributed by atoms with Crippen LogP contribution in [0.25, 0.3) is 0 Å². The number of anilines is 1. The molecule has 0 aliphatic rings. The van der Waals surface area contributed by atoms with Crippen LogP contribution in [0.15, 0.2) is 30.3 Å². The highest BCUT2D eigenvalue weighted by atomic mass is 35.5. The largest absolute Gasteiger partial charge is 0.482 e. The summed E-state index contributed by atoms with van der Waals surface area (Å²) in [6.07, 6.45) is 0. The van der Waals surface area contributed by atoms with Gasteiger partial charge < -0.3 is 14.8 Å². The van der Waals surface area contributed by atoms with Gasteiger partial charge in [-0.3, -0.25) is 4.79 Å². The summed E-state index contributed by atoms with van der Waals surface area (Å²) >= 11 is 5.80. The lowest BCUT2D eigenvalue weighted by atomic mass is 10.2. The predicted molar refractivity (Wildman–Crippen MR) is 87.6 cm³/mol. The summed E-state index contributed by atoms with van der Waals surface area (Å²) in [4.78, 5) is 23.2. The topological polar surface area (TPSA) is 64.6 Å². The molecule has 0 aliphatic heterocycles. The lowest BCUT2D eigenvalue weighted by Gasteiger charge is -2.10. The molecule has 0 heterocycles. The molecule has 0 spiro atoms. The van der Waals surface area contributed by atoms with Crippen LogP contribution < -0.4 is 10.1 Å². The number of hydrogen-bond donors (Lipinski definition) is 1. The molecule has 9 heteroatoms. The van der Waals surface area contributed by atoms with Crippen molar-refractivity contribution in [3.63, 3.8) is 0 Å². The molecule has 5 nitrogen and oxygen atoms in total. The number of benzene rings is 2. The molecule has 0 atom stereocenters. The number of carbonyl (C=O) groups excluding carboxylic acids is 2. The van der Waals surface area contributed by atoms with Crippen molar-refractivity contribution in [3.8, 4) is 5.75 Å². The van der Waals surface area contributed by atoms with Crippen LogP contribution in [0.4, 0.5) is 18.9 Å². The van der Waals surface area contributed by atoms with Crippen molar-refractivity contribution in [2.24, 2.45) is 0 Å². The zero-order valence-electron chi connectivity index (χ0n) is 13.4. The summed E-state index contributed by atoms with van der Waals surface area (Å²) in [7, 11) is 0. The molecule has 26 heavy (non-hydrogen) atoms. The van der Waals surface area contributed by atoms with E-state index < -0.39 is 48.2 Å². The zero-order valence-corrected chi connectivity index (χ0v) is 14.2. The molecule has 1 N–H and O–H groups in total. The number of hydrogen-bond acceptors (Lipinski definition) is 4. The van der Waals surface area contributed by atoms with Gasteiger partial charge in [-0.1, -0.05) is 11.6 Å². The number of halogens is 4. The van der Waals surface area contributed by atoms with E-state index in [-0.39, 0.29) is 0 Å². The Morgan fingerprint density at radius 3 is 2.50 bits per heavy atom. The fraction of sp³-hybridized carbons (Fsp3) is 0.176. The molecule has 0 fully saturated rings. The number of ether oxygens (including phenoxy) is 2. The van der Waals surface area contributed by atoms with Crippen LogP contribution >= 0.6 is 11.6 Å². The van der Waals surface area contributed by atoms with Crippen molar-refractivity contribution in [2.75, 3.05) is 18.5 Å². The minimum Gasteiger partial charge on any atom is -0.482 e. The standard InChI is InChI=1S/C17H13ClF3NO4/c1-9-6-10(18)2-5-13(9)25-8-15(24)26-7-14(23)22-12-4-3-11(19)16(20)17(12)21/h2-6H,7-8H2,1H3,(H,22,23). The van der Waals surface area contributed by atoms with Crippen LogP contribution in [0.5, 0.6) is 5.75 Å². The third kappa shape index (κ3) is 5.13. The number of aryl methyl sites for hydroxylation is 1. The van der Waals surface area contributed by atoms with Gasteiger partial charge in [-0.15, -0.1) is 0 Å². The maximum Gasteiger partial charge on any atom is 0.344 e. The molecule has 0 saturated heterocycles. The monoisotopic (exact) mass is 387 g/mol. The number of amides is 1. The molecular weight excluding hydrogens is 375 g/mol. The van der Waals surface area contributed by atoms with Crippen LogP contribution in [0.1, 0.15) is 5.56 Å². The van der Waals surface area contributed by atoms with E-state index in [2.05, 4.69) is 4.74 Å². The van der Waals surface area contributed by atoms with Gasteiger partial charge in [-0.2, -0.15) is 0 Å². The fourth-order valence-corrected chi connectivity index (χ4v) is 2.13. The smallest absolute Gasteiger partial charge is 0.344 e. The first kappa shape index (κ1) is 19.6. The minimum atomic E-state index is -1.72. The average Bonchev–Trinajstić information content (AvgIpc) is 2.59. The molecule has 0 unspecified atom stereocenters. The summed E-state index contributed by atoms with van der Waals surface area (Å²) < 4.78 is 49.2. The molecular formula is C17H13ClF3NO4. The molecule has 0 radical (unpaired) electrons. The van der Waals surface area contributed by atoms with Gasteiger partial charge in [0.25, 0.3) is 5.91 Å². The summed E-state index contributed by atoms with van der Waals surface area (Å²) in [5.41, 5.74) is 0.134. The molecule has 1 amide bonds. The van der Waals surface area contributed by atoms with Gasteiger partial charge >= 0.3 is 5.97 Å². The van der Waals surface area contributed by atoms with Crippen molar-refractivity contribution in [1.82, 2.24) is 0 Å². The molecule has 2 aromatic rings. The Balaban J connectivity index is 1.82. The lowest BCUT2D eigenvalue weighted by molar-refractivity contribution is -0.149. The van der Waals surface area contributed by atoms with Gasteiger partial charge in [-0.25, -0.2) is 18.0 Å². The van der Waals surface area contributed by atoms with Crippen LogP contribution in [0.2, 0.25) is 5.02 Å². The van der Waals surface area contributed by atoms with Crippen LogP contribution in [0.3, 0.4) is 0 Å². The summed E-state index contributed by atoms with van der Waals surface area (Å²) in [5.74, 6) is -6.01. The highest BCUT2D eigenvalue weighted by Gasteiger charge is 2.16. The van der Waals surface area contributed by atoms with Crippen molar-refractivity contribution in [3.05, 3.63) is 58.4 Å². The minimum absolute atomic E-state index is 0.416. The predicted octanol–water partition coefficient (Wildman–Crippen LogP) is 3.63. The average molecular weight is 388 g/mol. The van der Waals surface area contributed by atoms with Crippen LogP contribution in [-0.2, 0) is 14.3 Å². The van der Waals surface area contributed by atoms with E-state index in [9.17, 15) is 22.8 Å². The SMILES string of the molecule is Cc1cc(Cl)ccc1OCC(=O)OCC(=O)Nc1ccc(F)c(F)c1F. The van der Waals surface area contributed by atoms with Gasteiger partial charge in [0.05, 0.1) is 5.69 Å². The quantitative estimate of drug-likeness (QED) is 0.607. The Morgan fingerprint density at radius 2 is 1.81 bits per heavy atom. The van der Waals surface area contributed by atoms with Gasteiger partial charge in [0.1, 0.15) is 5.75 Å². The Bertz CT molecular complexity index is 845. The number of rotatable bonds is 6. The van der Waals surface area contributed by atoms with E-state index in [1.54, 1.807) is 25.1 Å². The van der Waals surface area contributed by atoms with Crippen molar-refractivity contribution in [1.29, 1.82) is 0 Å². The zero-order chi connectivity index (χ0) is 19.3. The lowest BCUT2D eigenvalue weighted by Crippen LogP contribution is -2.24.